The molecule has 1 aromatic heterocycles. The molecular formula is C10H5F4NO. The molecule has 0 radical (unpaired) electrons. The van der Waals surface area contributed by atoms with Gasteiger partial charge in [-0.3, -0.25) is 0 Å². The second-order valence-electron chi connectivity index (χ2n) is 3.19. The van der Waals surface area contributed by atoms with Gasteiger partial charge in [0.15, 0.2) is 5.69 Å². The van der Waals surface area contributed by atoms with Crippen molar-refractivity contribution in [2.24, 2.45) is 0 Å². The van der Waals surface area contributed by atoms with E-state index in [0.717, 1.165) is 18.2 Å². The molecule has 16 heavy (non-hydrogen) atoms. The van der Waals surface area contributed by atoms with Crippen molar-refractivity contribution in [1.82, 2.24) is 4.98 Å². The Bertz CT molecular complexity index is 550. The van der Waals surface area contributed by atoms with E-state index in [1.54, 1.807) is 0 Å². The highest BCUT2D eigenvalue weighted by atomic mass is 19.4. The third kappa shape index (κ3) is 1.78. The van der Waals surface area contributed by atoms with Gasteiger partial charge in [0.05, 0.1) is 5.52 Å². The Kier molecular flexibility index (Phi) is 2.22. The Morgan fingerprint density at radius 2 is 1.81 bits per heavy atom. The van der Waals surface area contributed by atoms with Crippen LogP contribution in [0.3, 0.4) is 0 Å². The topological polar surface area (TPSA) is 33.1 Å². The average Bonchev–Trinajstić information content (AvgIpc) is 2.16. The van der Waals surface area contributed by atoms with Crippen molar-refractivity contribution in [2.75, 3.05) is 0 Å². The molecule has 0 amide bonds. The number of pyridine rings is 1. The van der Waals surface area contributed by atoms with Gasteiger partial charge in [0, 0.05) is 11.5 Å². The molecule has 0 bridgehead atoms. The number of hydrogen-bond donors (Lipinski definition) is 1. The summed E-state index contributed by atoms with van der Waals surface area (Å²) >= 11 is 0. The highest BCUT2D eigenvalue weighted by Crippen LogP contribution is 2.35. The number of halogens is 4. The minimum absolute atomic E-state index is 0.148. The first-order valence-electron chi connectivity index (χ1n) is 4.24. The number of alkyl halides is 3. The summed E-state index contributed by atoms with van der Waals surface area (Å²) in [6.07, 6.45) is -4.76. The maximum atomic E-state index is 12.8. The normalized spacial score (nSPS) is 12.0. The lowest BCUT2D eigenvalue weighted by molar-refractivity contribution is -0.142. The Labute approximate surface area is 87.2 Å². The molecule has 0 aliphatic heterocycles. The number of benzene rings is 1. The molecule has 0 saturated heterocycles. The van der Waals surface area contributed by atoms with E-state index >= 15 is 0 Å². The summed E-state index contributed by atoms with van der Waals surface area (Å²) in [6.45, 7) is 0. The largest absolute Gasteiger partial charge is 0.506 e. The minimum atomic E-state index is -4.76. The summed E-state index contributed by atoms with van der Waals surface area (Å²) in [7, 11) is 0. The predicted molar refractivity (Wildman–Crippen MR) is 48.4 cm³/mol. The van der Waals surface area contributed by atoms with Crippen LogP contribution >= 0.6 is 0 Å². The Hall–Kier alpha value is -1.85. The van der Waals surface area contributed by atoms with Crippen LogP contribution < -0.4 is 0 Å². The molecule has 0 fully saturated rings. The molecule has 84 valence electrons. The Balaban J connectivity index is 2.74. The third-order valence-corrected chi connectivity index (χ3v) is 2.03. The maximum Gasteiger partial charge on any atom is 0.437 e. The average molecular weight is 231 g/mol. The van der Waals surface area contributed by atoms with Crippen molar-refractivity contribution < 1.29 is 22.7 Å². The SMILES string of the molecule is Oc1cc2ccc(F)cc2nc1C(F)(F)F. The number of aromatic hydroxyl groups is 1. The first-order chi connectivity index (χ1) is 7.38. The van der Waals surface area contributed by atoms with Crippen LogP contribution in [0.4, 0.5) is 17.6 Å². The second kappa shape index (κ2) is 3.33. The van der Waals surface area contributed by atoms with E-state index in [4.69, 9.17) is 5.11 Å². The molecule has 0 unspecified atom stereocenters. The Morgan fingerprint density at radius 3 is 2.44 bits per heavy atom. The van der Waals surface area contributed by atoms with Crippen LogP contribution in [0, 0.1) is 5.82 Å². The molecule has 1 aromatic carbocycles. The van der Waals surface area contributed by atoms with Gasteiger partial charge in [-0.15, -0.1) is 0 Å². The molecule has 2 rings (SSSR count). The molecule has 2 aromatic rings. The van der Waals surface area contributed by atoms with Crippen LogP contribution in [-0.2, 0) is 6.18 Å². The molecule has 1 heterocycles. The molecular weight excluding hydrogens is 226 g/mol. The molecule has 0 aliphatic rings. The number of nitrogens with zero attached hydrogens (tertiary/aromatic N) is 1. The van der Waals surface area contributed by atoms with Gasteiger partial charge in [-0.05, 0) is 18.2 Å². The summed E-state index contributed by atoms with van der Waals surface area (Å²) in [5, 5.41) is 9.38. The van der Waals surface area contributed by atoms with E-state index in [1.807, 2.05) is 0 Å². The summed E-state index contributed by atoms with van der Waals surface area (Å²) in [5.41, 5.74) is -1.56. The molecule has 0 saturated carbocycles. The van der Waals surface area contributed by atoms with E-state index in [0.29, 0.717) is 0 Å². The summed E-state index contributed by atoms with van der Waals surface area (Å²) in [6, 6.07) is 4.11. The smallest absolute Gasteiger partial charge is 0.437 e. The first kappa shape index (κ1) is 10.7. The predicted octanol–water partition coefficient (Wildman–Crippen LogP) is 3.10. The van der Waals surface area contributed by atoms with Gasteiger partial charge in [0.1, 0.15) is 11.6 Å². The molecule has 0 atom stereocenters. The molecule has 2 nitrogen and oxygen atoms in total. The zero-order chi connectivity index (χ0) is 11.9. The first-order valence-corrected chi connectivity index (χ1v) is 4.24. The van der Waals surface area contributed by atoms with Crippen LogP contribution in [0.5, 0.6) is 5.75 Å². The second-order valence-corrected chi connectivity index (χ2v) is 3.19. The lowest BCUT2D eigenvalue weighted by atomic mass is 10.2. The monoisotopic (exact) mass is 231 g/mol. The fourth-order valence-corrected chi connectivity index (χ4v) is 1.34. The van der Waals surface area contributed by atoms with E-state index in [1.165, 1.54) is 6.07 Å². The van der Waals surface area contributed by atoms with Gasteiger partial charge in [-0.1, -0.05) is 0 Å². The van der Waals surface area contributed by atoms with Crippen LogP contribution in [-0.4, -0.2) is 10.1 Å². The molecule has 0 spiro atoms. The lowest BCUT2D eigenvalue weighted by Crippen LogP contribution is -2.08. The summed E-state index contributed by atoms with van der Waals surface area (Å²) in [5.74, 6) is -1.65. The minimum Gasteiger partial charge on any atom is -0.506 e. The zero-order valence-corrected chi connectivity index (χ0v) is 7.72. The lowest BCUT2D eigenvalue weighted by Gasteiger charge is -2.08. The molecule has 6 heteroatoms. The van der Waals surface area contributed by atoms with E-state index < -0.39 is 23.4 Å². The van der Waals surface area contributed by atoms with Gasteiger partial charge in [-0.2, -0.15) is 13.2 Å². The van der Waals surface area contributed by atoms with Crippen molar-refractivity contribution in [3.05, 3.63) is 35.8 Å². The van der Waals surface area contributed by atoms with Gasteiger partial charge >= 0.3 is 6.18 Å². The van der Waals surface area contributed by atoms with Crippen molar-refractivity contribution in [2.45, 2.75) is 6.18 Å². The van der Waals surface area contributed by atoms with Gasteiger partial charge in [0.25, 0.3) is 0 Å². The van der Waals surface area contributed by atoms with Crippen LogP contribution in [0.1, 0.15) is 5.69 Å². The highest BCUT2D eigenvalue weighted by Gasteiger charge is 2.36. The fraction of sp³-hybridized carbons (Fsp3) is 0.100. The van der Waals surface area contributed by atoms with Gasteiger partial charge in [0.2, 0.25) is 0 Å². The zero-order valence-electron chi connectivity index (χ0n) is 7.72. The van der Waals surface area contributed by atoms with E-state index in [2.05, 4.69) is 4.98 Å². The van der Waals surface area contributed by atoms with E-state index in [-0.39, 0.29) is 10.9 Å². The van der Waals surface area contributed by atoms with Crippen molar-refractivity contribution in [3.8, 4) is 5.75 Å². The number of rotatable bonds is 0. The van der Waals surface area contributed by atoms with Crippen LogP contribution in [0.25, 0.3) is 10.9 Å². The van der Waals surface area contributed by atoms with Crippen molar-refractivity contribution in [3.63, 3.8) is 0 Å². The Morgan fingerprint density at radius 1 is 1.12 bits per heavy atom. The van der Waals surface area contributed by atoms with Crippen molar-refractivity contribution in [1.29, 1.82) is 0 Å². The number of aromatic nitrogens is 1. The van der Waals surface area contributed by atoms with Gasteiger partial charge < -0.3 is 5.11 Å². The molecule has 0 aliphatic carbocycles. The van der Waals surface area contributed by atoms with E-state index in [9.17, 15) is 17.6 Å². The standard InChI is InChI=1S/C10H5F4NO/c11-6-2-1-5-3-8(16)9(10(12,13)14)15-7(5)4-6/h1-4,16H. The third-order valence-electron chi connectivity index (χ3n) is 2.03. The fourth-order valence-electron chi connectivity index (χ4n) is 1.34. The van der Waals surface area contributed by atoms with Crippen LogP contribution in [0.15, 0.2) is 24.3 Å². The summed E-state index contributed by atoms with van der Waals surface area (Å²) < 4.78 is 49.9. The quantitative estimate of drug-likeness (QED) is 0.706. The molecule has 1 N–H and O–H groups in total. The van der Waals surface area contributed by atoms with Crippen LogP contribution in [0.2, 0.25) is 0 Å². The maximum absolute atomic E-state index is 12.8. The number of hydrogen-bond acceptors (Lipinski definition) is 2. The van der Waals surface area contributed by atoms with Gasteiger partial charge in [-0.25, -0.2) is 9.37 Å². The number of fused-ring (bicyclic) bond motifs is 1. The highest BCUT2D eigenvalue weighted by molar-refractivity contribution is 5.80. The summed E-state index contributed by atoms with van der Waals surface area (Å²) in [4.78, 5) is 3.19. The van der Waals surface area contributed by atoms with Crippen molar-refractivity contribution >= 4 is 10.9 Å².